The lowest BCUT2D eigenvalue weighted by molar-refractivity contribution is 0.141. The molecule has 2 aliphatic carbocycles. The second kappa shape index (κ2) is 9.07. The summed E-state index contributed by atoms with van der Waals surface area (Å²) in [6.07, 6.45) is 9.05. The van der Waals surface area contributed by atoms with Gasteiger partial charge in [-0.05, 0) is 44.4 Å². The predicted octanol–water partition coefficient (Wildman–Crippen LogP) is 2.92. The number of rotatable bonds is 7. The van der Waals surface area contributed by atoms with Gasteiger partial charge in [0, 0.05) is 32.8 Å². The maximum atomic E-state index is 5.28. The number of nitrogens with one attached hydrogen (secondary N) is 2. The van der Waals surface area contributed by atoms with Crippen molar-refractivity contribution in [3.8, 4) is 0 Å². The van der Waals surface area contributed by atoms with Gasteiger partial charge in [-0.2, -0.15) is 0 Å². The van der Waals surface area contributed by atoms with E-state index in [4.69, 9.17) is 9.73 Å². The second-order valence-electron chi connectivity index (χ2n) is 6.06. The predicted molar refractivity (Wildman–Crippen MR) is 94.9 cm³/mol. The minimum Gasteiger partial charge on any atom is -0.385 e. The molecule has 0 amide bonds. The molecule has 0 radical (unpaired) electrons. The van der Waals surface area contributed by atoms with Crippen molar-refractivity contribution in [2.75, 3.05) is 26.8 Å². The maximum Gasteiger partial charge on any atom is 0.191 e. The molecule has 0 spiro atoms. The van der Waals surface area contributed by atoms with Gasteiger partial charge < -0.3 is 15.4 Å². The molecule has 0 atom stereocenters. The van der Waals surface area contributed by atoms with Crippen molar-refractivity contribution in [3.05, 3.63) is 0 Å². The molecule has 118 valence electrons. The maximum absolute atomic E-state index is 5.28. The van der Waals surface area contributed by atoms with Crippen LogP contribution in [0.15, 0.2) is 4.99 Å². The highest BCUT2D eigenvalue weighted by molar-refractivity contribution is 14.0. The zero-order valence-corrected chi connectivity index (χ0v) is 15.2. The Morgan fingerprint density at radius 2 is 2.00 bits per heavy atom. The fraction of sp³-hybridized carbons (Fsp3) is 0.933. The smallest absolute Gasteiger partial charge is 0.191 e. The van der Waals surface area contributed by atoms with Crippen molar-refractivity contribution in [3.63, 3.8) is 0 Å². The van der Waals surface area contributed by atoms with Crippen LogP contribution in [0.3, 0.4) is 0 Å². The number of halogens is 1. The number of aliphatic imine (C=N–C) groups is 1. The van der Waals surface area contributed by atoms with Crippen LogP contribution in [0.4, 0.5) is 0 Å². The number of guanidine groups is 1. The summed E-state index contributed by atoms with van der Waals surface area (Å²) in [5.74, 6) is 1.01. The van der Waals surface area contributed by atoms with Crippen molar-refractivity contribution in [2.24, 2.45) is 10.4 Å². The number of ether oxygens (including phenoxy) is 1. The molecule has 2 fully saturated rings. The summed E-state index contributed by atoms with van der Waals surface area (Å²) in [5.41, 5.74) is 0.391. The Morgan fingerprint density at radius 3 is 2.55 bits per heavy atom. The van der Waals surface area contributed by atoms with Crippen LogP contribution in [0, 0.1) is 5.41 Å². The molecule has 0 aromatic heterocycles. The molecule has 0 saturated heterocycles. The van der Waals surface area contributed by atoms with Crippen LogP contribution < -0.4 is 10.6 Å². The highest BCUT2D eigenvalue weighted by atomic mass is 127. The van der Waals surface area contributed by atoms with Gasteiger partial charge in [0.1, 0.15) is 0 Å². The zero-order chi connectivity index (χ0) is 13.6. The van der Waals surface area contributed by atoms with E-state index in [-0.39, 0.29) is 24.0 Å². The lowest BCUT2D eigenvalue weighted by Crippen LogP contribution is -2.39. The summed E-state index contributed by atoms with van der Waals surface area (Å²) < 4.78 is 5.28. The molecule has 4 nitrogen and oxygen atoms in total. The average molecular weight is 395 g/mol. The summed E-state index contributed by atoms with van der Waals surface area (Å²) in [5, 5.41) is 6.86. The Hall–Kier alpha value is -0.0400. The first-order valence-electron chi connectivity index (χ1n) is 7.82. The van der Waals surface area contributed by atoms with Crippen molar-refractivity contribution >= 4 is 29.9 Å². The van der Waals surface area contributed by atoms with Gasteiger partial charge in [0.05, 0.1) is 0 Å². The molecule has 0 aliphatic heterocycles. The molecule has 0 bridgehead atoms. The minimum absolute atomic E-state index is 0. The molecule has 0 aromatic carbocycles. The van der Waals surface area contributed by atoms with Crippen LogP contribution in [0.1, 0.15) is 51.9 Å². The van der Waals surface area contributed by atoms with Gasteiger partial charge in [-0.25, -0.2) is 0 Å². The van der Waals surface area contributed by atoms with Crippen LogP contribution in [-0.4, -0.2) is 38.8 Å². The fourth-order valence-corrected chi connectivity index (χ4v) is 2.92. The van der Waals surface area contributed by atoms with Gasteiger partial charge in [0.15, 0.2) is 5.96 Å². The van der Waals surface area contributed by atoms with Crippen LogP contribution in [0.25, 0.3) is 0 Å². The van der Waals surface area contributed by atoms with Gasteiger partial charge in [0.2, 0.25) is 0 Å². The first-order valence-corrected chi connectivity index (χ1v) is 7.82. The van der Waals surface area contributed by atoms with Crippen molar-refractivity contribution < 1.29 is 4.74 Å². The minimum atomic E-state index is 0. The van der Waals surface area contributed by atoms with Crippen LogP contribution in [0.5, 0.6) is 0 Å². The van der Waals surface area contributed by atoms with Gasteiger partial charge in [-0.1, -0.05) is 12.8 Å². The van der Waals surface area contributed by atoms with Crippen molar-refractivity contribution in [2.45, 2.75) is 57.9 Å². The number of hydrogen-bond donors (Lipinski definition) is 2. The molecule has 0 aromatic rings. The van der Waals surface area contributed by atoms with Gasteiger partial charge >= 0.3 is 0 Å². The molecule has 20 heavy (non-hydrogen) atoms. The van der Waals surface area contributed by atoms with Crippen LogP contribution in [0.2, 0.25) is 0 Å². The quantitative estimate of drug-likeness (QED) is 0.396. The highest BCUT2D eigenvalue weighted by Crippen LogP contribution is 2.41. The normalized spacial score (nSPS) is 21.4. The lowest BCUT2D eigenvalue weighted by atomic mass is 9.83. The Labute approximate surface area is 140 Å². The molecular formula is C15H30IN3O. The van der Waals surface area contributed by atoms with E-state index < -0.39 is 0 Å². The molecule has 0 unspecified atom stereocenters. The van der Waals surface area contributed by atoms with Gasteiger partial charge in [0.25, 0.3) is 0 Å². The summed E-state index contributed by atoms with van der Waals surface area (Å²) in [4.78, 5) is 4.84. The Balaban J connectivity index is 0.00000200. The third kappa shape index (κ3) is 5.76. The fourth-order valence-electron chi connectivity index (χ4n) is 2.92. The number of methoxy groups -OCH3 is 1. The van der Waals surface area contributed by atoms with Gasteiger partial charge in [-0.15, -0.1) is 24.0 Å². The monoisotopic (exact) mass is 395 g/mol. The van der Waals surface area contributed by atoms with Crippen molar-refractivity contribution in [1.82, 2.24) is 10.6 Å². The molecule has 2 rings (SSSR count). The van der Waals surface area contributed by atoms with E-state index in [9.17, 15) is 0 Å². The van der Waals surface area contributed by atoms with E-state index in [1.165, 1.54) is 38.5 Å². The van der Waals surface area contributed by atoms with Crippen molar-refractivity contribution in [1.29, 1.82) is 0 Å². The molecule has 2 aliphatic rings. The number of nitrogens with zero attached hydrogens (tertiary/aromatic N) is 1. The second-order valence-corrected chi connectivity index (χ2v) is 6.06. The largest absolute Gasteiger partial charge is 0.385 e. The average Bonchev–Trinajstić information content (AvgIpc) is 3.11. The third-order valence-electron chi connectivity index (χ3n) is 4.34. The first kappa shape index (κ1) is 18.0. The Kier molecular flexibility index (Phi) is 8.17. The van der Waals surface area contributed by atoms with E-state index in [2.05, 4.69) is 17.6 Å². The standard InChI is InChI=1S/C15H29N3O.HI/c1-3-16-14(18-13-6-7-13)17-12-15(10-11-19-2)8-4-5-9-15;/h13H,3-12H2,1-2H3,(H2,16,17,18);1H. The molecule has 0 heterocycles. The molecule has 5 heteroatoms. The summed E-state index contributed by atoms with van der Waals surface area (Å²) >= 11 is 0. The zero-order valence-electron chi connectivity index (χ0n) is 12.9. The topological polar surface area (TPSA) is 45.7 Å². The lowest BCUT2D eigenvalue weighted by Gasteiger charge is -2.27. The van der Waals surface area contributed by atoms with E-state index in [0.717, 1.165) is 32.1 Å². The van der Waals surface area contributed by atoms with E-state index >= 15 is 0 Å². The van der Waals surface area contributed by atoms with E-state index in [0.29, 0.717) is 11.5 Å². The van der Waals surface area contributed by atoms with E-state index in [1.54, 1.807) is 7.11 Å². The van der Waals surface area contributed by atoms with Crippen LogP contribution >= 0.6 is 24.0 Å². The Morgan fingerprint density at radius 1 is 1.30 bits per heavy atom. The third-order valence-corrected chi connectivity index (χ3v) is 4.34. The SMILES string of the molecule is CCNC(=NCC1(CCOC)CCCC1)NC1CC1.I. The van der Waals surface area contributed by atoms with Gasteiger partial charge in [-0.3, -0.25) is 4.99 Å². The molecule has 2 N–H and O–H groups in total. The Bertz CT molecular complexity index is 299. The number of hydrogen-bond acceptors (Lipinski definition) is 2. The molecular weight excluding hydrogens is 365 g/mol. The highest BCUT2D eigenvalue weighted by Gasteiger charge is 2.33. The summed E-state index contributed by atoms with van der Waals surface area (Å²) in [7, 11) is 1.80. The van der Waals surface area contributed by atoms with E-state index in [1.807, 2.05) is 0 Å². The summed E-state index contributed by atoms with van der Waals surface area (Å²) in [6.45, 7) is 4.87. The molecule has 2 saturated carbocycles. The summed E-state index contributed by atoms with van der Waals surface area (Å²) in [6, 6.07) is 0.663. The first-order chi connectivity index (χ1) is 9.28. The van der Waals surface area contributed by atoms with Crippen LogP contribution in [-0.2, 0) is 4.74 Å².